The minimum atomic E-state index is -1.20. The number of hydrogen-bond acceptors (Lipinski definition) is 3. The van der Waals surface area contributed by atoms with Crippen molar-refractivity contribution in [3.63, 3.8) is 0 Å². The van der Waals surface area contributed by atoms with Gasteiger partial charge in [0.25, 0.3) is 0 Å². The molecule has 0 saturated carbocycles. The lowest BCUT2D eigenvalue weighted by atomic mass is 10.0. The van der Waals surface area contributed by atoms with Gasteiger partial charge >= 0.3 is 5.97 Å². The van der Waals surface area contributed by atoms with Crippen LogP contribution in [0.2, 0.25) is 0 Å². The summed E-state index contributed by atoms with van der Waals surface area (Å²) in [6.45, 7) is 5.45. The molecule has 0 aliphatic heterocycles. The van der Waals surface area contributed by atoms with Gasteiger partial charge in [-0.15, -0.1) is 0 Å². The second-order valence-corrected chi connectivity index (χ2v) is 5.02. The van der Waals surface area contributed by atoms with Crippen LogP contribution in [-0.4, -0.2) is 29.7 Å². The van der Waals surface area contributed by atoms with E-state index in [-0.39, 0.29) is 19.1 Å². The Balaban J connectivity index is 2.71. The van der Waals surface area contributed by atoms with Crippen LogP contribution in [0.15, 0.2) is 18.2 Å². The zero-order valence-corrected chi connectivity index (χ0v) is 12.4. The number of carbonyl (C=O) groups is 2. The number of carboxylic acids is 1. The Morgan fingerprint density at radius 1 is 1.38 bits per heavy atom. The van der Waals surface area contributed by atoms with Crippen molar-refractivity contribution < 1.29 is 23.8 Å². The summed E-state index contributed by atoms with van der Waals surface area (Å²) in [5, 5.41) is 11.6. The highest BCUT2D eigenvalue weighted by atomic mass is 19.1. The van der Waals surface area contributed by atoms with Crippen LogP contribution < -0.4 is 5.32 Å². The molecule has 0 aromatic heterocycles. The van der Waals surface area contributed by atoms with E-state index in [1.807, 2.05) is 13.8 Å². The van der Waals surface area contributed by atoms with Crippen LogP contribution in [0.25, 0.3) is 0 Å². The molecule has 1 aromatic carbocycles. The highest BCUT2D eigenvalue weighted by Crippen LogP contribution is 2.17. The Kier molecular flexibility index (Phi) is 6.30. The Morgan fingerprint density at radius 2 is 2.05 bits per heavy atom. The first-order valence-corrected chi connectivity index (χ1v) is 6.71. The van der Waals surface area contributed by atoms with E-state index in [0.717, 1.165) is 0 Å². The molecule has 0 aliphatic carbocycles. The predicted molar refractivity (Wildman–Crippen MR) is 75.4 cm³/mol. The zero-order chi connectivity index (χ0) is 16.0. The molecule has 1 amide bonds. The third-order valence-corrected chi connectivity index (χ3v) is 2.85. The van der Waals surface area contributed by atoms with Crippen molar-refractivity contribution in [2.24, 2.45) is 0 Å². The number of amides is 1. The molecule has 0 aliphatic rings. The van der Waals surface area contributed by atoms with Gasteiger partial charge in [0.15, 0.2) is 6.04 Å². The lowest BCUT2D eigenvalue weighted by Crippen LogP contribution is -2.34. The molecule has 0 heterocycles. The molecule has 2 N–H and O–H groups in total. The maximum absolute atomic E-state index is 13.2. The number of ether oxygens (including phenoxy) is 1. The van der Waals surface area contributed by atoms with Crippen LogP contribution in [0.1, 0.15) is 37.4 Å². The third kappa shape index (κ3) is 5.51. The molecule has 1 rings (SSSR count). The first-order valence-electron chi connectivity index (χ1n) is 6.71. The van der Waals surface area contributed by atoms with E-state index in [4.69, 9.17) is 4.74 Å². The van der Waals surface area contributed by atoms with Crippen LogP contribution >= 0.6 is 0 Å². The molecule has 1 unspecified atom stereocenters. The molecule has 116 valence electrons. The molecule has 0 radical (unpaired) electrons. The molecular weight excluding hydrogens is 277 g/mol. The molecule has 0 fully saturated rings. The van der Waals surface area contributed by atoms with Gasteiger partial charge < -0.3 is 15.2 Å². The lowest BCUT2D eigenvalue weighted by molar-refractivity contribution is -0.142. The summed E-state index contributed by atoms with van der Waals surface area (Å²) >= 11 is 0. The Labute approximate surface area is 123 Å². The van der Waals surface area contributed by atoms with E-state index in [9.17, 15) is 19.1 Å². The monoisotopic (exact) mass is 297 g/mol. The van der Waals surface area contributed by atoms with E-state index < -0.39 is 23.7 Å². The Bertz CT molecular complexity index is 516. The number of aliphatic carboxylic acids is 1. The van der Waals surface area contributed by atoms with Crippen molar-refractivity contribution in [1.29, 1.82) is 0 Å². The molecule has 21 heavy (non-hydrogen) atoms. The number of hydrogen-bond donors (Lipinski definition) is 2. The number of carbonyl (C=O) groups excluding carboxylic acids is 1. The van der Waals surface area contributed by atoms with E-state index in [1.165, 1.54) is 25.1 Å². The minimum Gasteiger partial charge on any atom is -0.479 e. The van der Waals surface area contributed by atoms with Crippen molar-refractivity contribution in [1.82, 2.24) is 5.32 Å². The van der Waals surface area contributed by atoms with Crippen LogP contribution in [0.3, 0.4) is 0 Å². The topological polar surface area (TPSA) is 75.6 Å². The lowest BCUT2D eigenvalue weighted by Gasteiger charge is -2.16. The number of carboxylic acid groups (broad SMARTS) is 1. The molecule has 1 atom stereocenters. The summed E-state index contributed by atoms with van der Waals surface area (Å²) in [7, 11) is 0. The van der Waals surface area contributed by atoms with Crippen molar-refractivity contribution in [3.05, 3.63) is 35.1 Å². The van der Waals surface area contributed by atoms with Gasteiger partial charge in [-0.2, -0.15) is 0 Å². The van der Waals surface area contributed by atoms with Gasteiger partial charge in [0.05, 0.1) is 19.1 Å². The SMILES string of the molecule is Cc1cc(C(NC(=O)CCOC(C)C)C(=O)O)ccc1F. The average molecular weight is 297 g/mol. The molecule has 1 aromatic rings. The Morgan fingerprint density at radius 3 is 2.57 bits per heavy atom. The van der Waals surface area contributed by atoms with Crippen LogP contribution in [-0.2, 0) is 14.3 Å². The maximum Gasteiger partial charge on any atom is 0.330 e. The average Bonchev–Trinajstić information content (AvgIpc) is 2.38. The quantitative estimate of drug-likeness (QED) is 0.809. The second-order valence-electron chi connectivity index (χ2n) is 5.02. The molecule has 5 nitrogen and oxygen atoms in total. The van der Waals surface area contributed by atoms with Crippen molar-refractivity contribution in [3.8, 4) is 0 Å². The highest BCUT2D eigenvalue weighted by molar-refractivity contribution is 5.84. The number of halogens is 1. The summed E-state index contributed by atoms with van der Waals surface area (Å²) in [6.07, 6.45) is 0.0788. The van der Waals surface area contributed by atoms with Gasteiger partial charge in [0.2, 0.25) is 5.91 Å². The smallest absolute Gasteiger partial charge is 0.330 e. The van der Waals surface area contributed by atoms with E-state index in [0.29, 0.717) is 11.1 Å². The summed E-state index contributed by atoms with van der Waals surface area (Å²) < 4.78 is 18.5. The summed E-state index contributed by atoms with van der Waals surface area (Å²) in [6, 6.07) is 2.76. The van der Waals surface area contributed by atoms with E-state index >= 15 is 0 Å². The third-order valence-electron chi connectivity index (χ3n) is 2.85. The number of nitrogens with one attached hydrogen (secondary N) is 1. The van der Waals surface area contributed by atoms with Crippen molar-refractivity contribution >= 4 is 11.9 Å². The van der Waals surface area contributed by atoms with Crippen LogP contribution in [0.4, 0.5) is 4.39 Å². The normalized spacial score (nSPS) is 12.2. The van der Waals surface area contributed by atoms with Gasteiger partial charge in [0.1, 0.15) is 5.82 Å². The fourth-order valence-electron chi connectivity index (χ4n) is 1.76. The second kappa shape index (κ2) is 7.73. The van der Waals surface area contributed by atoms with E-state index in [2.05, 4.69) is 5.32 Å². The summed E-state index contributed by atoms with van der Waals surface area (Å²) in [5.74, 6) is -2.04. The van der Waals surface area contributed by atoms with Gasteiger partial charge in [-0.05, 0) is 38.0 Å². The standard InChI is InChI=1S/C15H20FNO4/c1-9(2)21-7-6-13(18)17-14(15(19)20)11-4-5-12(16)10(3)8-11/h4-5,8-9,14H,6-7H2,1-3H3,(H,17,18)(H,19,20). The minimum absolute atomic E-state index is 0.00724. The number of benzene rings is 1. The van der Waals surface area contributed by atoms with Crippen molar-refractivity contribution in [2.75, 3.05) is 6.61 Å². The first kappa shape index (κ1) is 17.1. The highest BCUT2D eigenvalue weighted by Gasteiger charge is 2.22. The van der Waals surface area contributed by atoms with Gasteiger partial charge in [-0.1, -0.05) is 12.1 Å². The first-order chi connectivity index (χ1) is 9.81. The van der Waals surface area contributed by atoms with Gasteiger partial charge in [0, 0.05) is 0 Å². The molecular formula is C15H20FNO4. The number of aryl methyl sites for hydroxylation is 1. The number of rotatable bonds is 7. The van der Waals surface area contributed by atoms with Crippen LogP contribution in [0, 0.1) is 12.7 Å². The van der Waals surface area contributed by atoms with Gasteiger partial charge in [-0.25, -0.2) is 9.18 Å². The predicted octanol–water partition coefficient (Wildman–Crippen LogP) is 2.19. The molecule has 0 bridgehead atoms. The molecule has 0 saturated heterocycles. The fraction of sp³-hybridized carbons (Fsp3) is 0.467. The largest absolute Gasteiger partial charge is 0.479 e. The molecule has 0 spiro atoms. The van der Waals surface area contributed by atoms with Gasteiger partial charge in [-0.3, -0.25) is 4.79 Å². The Hall–Kier alpha value is -1.95. The zero-order valence-electron chi connectivity index (χ0n) is 12.4. The van der Waals surface area contributed by atoms with Crippen LogP contribution in [0.5, 0.6) is 0 Å². The summed E-state index contributed by atoms with van der Waals surface area (Å²) in [4.78, 5) is 23.0. The van der Waals surface area contributed by atoms with Crippen molar-refractivity contribution in [2.45, 2.75) is 39.3 Å². The van der Waals surface area contributed by atoms with E-state index in [1.54, 1.807) is 0 Å². The maximum atomic E-state index is 13.2. The molecule has 6 heteroatoms. The fourth-order valence-corrected chi connectivity index (χ4v) is 1.76. The summed E-state index contributed by atoms with van der Waals surface area (Å²) in [5.41, 5.74) is 0.663.